The molecule has 2 rings (SSSR count). The molecule has 2 heteroatoms. The molecule has 0 unspecified atom stereocenters. The van der Waals surface area contributed by atoms with Crippen molar-refractivity contribution in [2.75, 3.05) is 11.6 Å². The van der Waals surface area contributed by atoms with Crippen molar-refractivity contribution in [1.29, 1.82) is 0 Å². The van der Waals surface area contributed by atoms with Crippen LogP contribution in [0.1, 0.15) is 52.9 Å². The average molecular weight is 292 g/mol. The van der Waals surface area contributed by atoms with Crippen molar-refractivity contribution in [2.24, 2.45) is 11.3 Å². The second-order valence-electron chi connectivity index (χ2n) is 6.77. The molecule has 1 aliphatic rings. The largest absolute Gasteiger partial charge is 0.382 e. The van der Waals surface area contributed by atoms with Crippen LogP contribution < -0.4 is 5.32 Å². The smallest absolute Gasteiger partial charge is 0.0353 e. The molecule has 0 aliphatic heterocycles. The Balaban J connectivity index is 1.88. The topological polar surface area (TPSA) is 12.0 Å². The van der Waals surface area contributed by atoms with E-state index in [1.807, 2.05) is 11.8 Å². The summed E-state index contributed by atoms with van der Waals surface area (Å²) in [6, 6.07) is 9.46. The predicted octanol–water partition coefficient (Wildman–Crippen LogP) is 5.82. The van der Waals surface area contributed by atoms with Crippen LogP contribution in [0.4, 0.5) is 5.69 Å². The summed E-state index contributed by atoms with van der Waals surface area (Å²) in [7, 11) is 0. The molecule has 0 spiro atoms. The van der Waals surface area contributed by atoms with Gasteiger partial charge >= 0.3 is 0 Å². The molecule has 0 saturated heterocycles. The van der Waals surface area contributed by atoms with Crippen LogP contribution in [-0.2, 0) is 0 Å². The maximum atomic E-state index is 3.73. The Bertz CT molecular complexity index is 419. The van der Waals surface area contributed by atoms with E-state index >= 15 is 0 Å². The first-order valence-corrected chi connectivity index (χ1v) is 9.18. The van der Waals surface area contributed by atoms with Gasteiger partial charge in [0.05, 0.1) is 0 Å². The lowest BCUT2D eigenvalue weighted by Crippen LogP contribution is -2.32. The van der Waals surface area contributed by atoms with E-state index in [0.717, 1.165) is 5.92 Å². The van der Waals surface area contributed by atoms with Gasteiger partial charge in [-0.3, -0.25) is 0 Å². The molecule has 20 heavy (non-hydrogen) atoms. The average Bonchev–Trinajstić information content (AvgIpc) is 2.48. The first kappa shape index (κ1) is 15.8. The summed E-state index contributed by atoms with van der Waals surface area (Å²) < 4.78 is 0. The van der Waals surface area contributed by atoms with Crippen LogP contribution in [-0.4, -0.2) is 12.3 Å². The Morgan fingerprint density at radius 1 is 1.20 bits per heavy atom. The van der Waals surface area contributed by atoms with Gasteiger partial charge in [0.15, 0.2) is 0 Å². The number of thioether (sulfide) groups is 1. The first-order valence-electron chi connectivity index (χ1n) is 7.95. The fourth-order valence-corrected chi connectivity index (χ4v) is 3.72. The van der Waals surface area contributed by atoms with Crippen LogP contribution in [0.2, 0.25) is 0 Å². The van der Waals surface area contributed by atoms with E-state index in [1.165, 1.54) is 42.7 Å². The standard InChI is InChI=1S/C18H29NS/c1-5-18(2,3)14-9-11-15(12-10-14)19-16-7-6-8-17(13-16)20-4/h6-8,13-15,19H,5,9-12H2,1-4H3. The molecule has 0 heterocycles. The molecule has 1 nitrogen and oxygen atoms in total. The highest BCUT2D eigenvalue weighted by molar-refractivity contribution is 7.98. The second kappa shape index (κ2) is 6.89. The Kier molecular flexibility index (Phi) is 5.42. The summed E-state index contributed by atoms with van der Waals surface area (Å²) >= 11 is 1.81. The van der Waals surface area contributed by atoms with Crippen molar-refractivity contribution >= 4 is 17.4 Å². The van der Waals surface area contributed by atoms with Crippen LogP contribution in [0.3, 0.4) is 0 Å². The van der Waals surface area contributed by atoms with E-state index in [-0.39, 0.29) is 0 Å². The number of hydrogen-bond acceptors (Lipinski definition) is 2. The van der Waals surface area contributed by atoms with E-state index in [4.69, 9.17) is 0 Å². The number of rotatable bonds is 5. The van der Waals surface area contributed by atoms with Crippen molar-refractivity contribution in [3.05, 3.63) is 24.3 Å². The van der Waals surface area contributed by atoms with Crippen molar-refractivity contribution in [2.45, 2.75) is 63.8 Å². The SMILES string of the molecule is CCC(C)(C)C1CCC(Nc2cccc(SC)c2)CC1. The summed E-state index contributed by atoms with van der Waals surface area (Å²) in [5.41, 5.74) is 1.80. The van der Waals surface area contributed by atoms with Gasteiger partial charge in [-0.25, -0.2) is 0 Å². The van der Waals surface area contributed by atoms with Gasteiger partial charge in [0.25, 0.3) is 0 Å². The zero-order chi connectivity index (χ0) is 14.6. The Hall–Kier alpha value is -0.630. The van der Waals surface area contributed by atoms with E-state index in [1.54, 1.807) is 0 Å². The van der Waals surface area contributed by atoms with Gasteiger partial charge in [-0.2, -0.15) is 0 Å². The van der Waals surface area contributed by atoms with Gasteiger partial charge < -0.3 is 5.32 Å². The number of benzene rings is 1. The lowest BCUT2D eigenvalue weighted by atomic mass is 9.69. The Morgan fingerprint density at radius 2 is 1.90 bits per heavy atom. The molecule has 0 aromatic heterocycles. The summed E-state index contributed by atoms with van der Waals surface area (Å²) in [5, 5.41) is 3.73. The summed E-state index contributed by atoms with van der Waals surface area (Å²) in [5.74, 6) is 0.906. The molecular weight excluding hydrogens is 262 g/mol. The fourth-order valence-electron chi connectivity index (χ4n) is 3.26. The third-order valence-corrected chi connectivity index (χ3v) is 5.91. The highest BCUT2D eigenvalue weighted by Crippen LogP contribution is 2.40. The molecule has 0 radical (unpaired) electrons. The summed E-state index contributed by atoms with van der Waals surface area (Å²) in [6.07, 6.45) is 8.82. The van der Waals surface area contributed by atoms with Crippen LogP contribution in [0, 0.1) is 11.3 Å². The van der Waals surface area contributed by atoms with Crippen molar-refractivity contribution in [3.8, 4) is 0 Å². The normalized spacial score (nSPS) is 23.6. The highest BCUT2D eigenvalue weighted by Gasteiger charge is 2.31. The molecule has 1 aromatic rings. The molecule has 1 N–H and O–H groups in total. The lowest BCUT2D eigenvalue weighted by molar-refractivity contribution is 0.147. The van der Waals surface area contributed by atoms with Crippen LogP contribution in [0.25, 0.3) is 0 Å². The quantitative estimate of drug-likeness (QED) is 0.686. The van der Waals surface area contributed by atoms with Gasteiger partial charge in [0, 0.05) is 16.6 Å². The maximum Gasteiger partial charge on any atom is 0.0353 e. The second-order valence-corrected chi connectivity index (χ2v) is 7.65. The Morgan fingerprint density at radius 3 is 2.50 bits per heavy atom. The minimum absolute atomic E-state index is 0.518. The highest BCUT2D eigenvalue weighted by atomic mass is 32.2. The van der Waals surface area contributed by atoms with Crippen molar-refractivity contribution in [1.82, 2.24) is 0 Å². The molecule has 112 valence electrons. The van der Waals surface area contributed by atoms with Crippen LogP contribution >= 0.6 is 11.8 Å². The van der Waals surface area contributed by atoms with Crippen LogP contribution in [0.15, 0.2) is 29.2 Å². The molecule has 1 saturated carbocycles. The molecule has 0 amide bonds. The third kappa shape index (κ3) is 3.94. The predicted molar refractivity (Wildman–Crippen MR) is 91.7 cm³/mol. The van der Waals surface area contributed by atoms with Gasteiger partial charge in [0.2, 0.25) is 0 Å². The monoisotopic (exact) mass is 291 g/mol. The zero-order valence-corrected chi connectivity index (χ0v) is 14.2. The van der Waals surface area contributed by atoms with E-state index in [0.29, 0.717) is 11.5 Å². The third-order valence-electron chi connectivity index (χ3n) is 5.18. The minimum Gasteiger partial charge on any atom is -0.382 e. The number of hydrogen-bond donors (Lipinski definition) is 1. The van der Waals surface area contributed by atoms with Gasteiger partial charge in [-0.1, -0.05) is 33.3 Å². The minimum atomic E-state index is 0.518. The number of nitrogens with one attached hydrogen (secondary N) is 1. The number of anilines is 1. The van der Waals surface area contributed by atoms with Crippen molar-refractivity contribution in [3.63, 3.8) is 0 Å². The molecular formula is C18H29NS. The van der Waals surface area contributed by atoms with Crippen molar-refractivity contribution < 1.29 is 0 Å². The molecule has 0 bridgehead atoms. The summed E-state index contributed by atoms with van der Waals surface area (Å²) in [4.78, 5) is 1.34. The fraction of sp³-hybridized carbons (Fsp3) is 0.667. The summed E-state index contributed by atoms with van der Waals surface area (Å²) in [6.45, 7) is 7.21. The first-order chi connectivity index (χ1) is 9.55. The maximum absolute atomic E-state index is 3.73. The zero-order valence-electron chi connectivity index (χ0n) is 13.4. The van der Waals surface area contributed by atoms with Gasteiger partial charge in [0.1, 0.15) is 0 Å². The van der Waals surface area contributed by atoms with Crippen LogP contribution in [0.5, 0.6) is 0 Å². The lowest BCUT2D eigenvalue weighted by Gasteiger charge is -2.39. The molecule has 1 aliphatic carbocycles. The van der Waals surface area contributed by atoms with E-state index < -0.39 is 0 Å². The molecule has 1 aromatic carbocycles. The van der Waals surface area contributed by atoms with Gasteiger partial charge in [-0.05, 0) is 61.5 Å². The van der Waals surface area contributed by atoms with Gasteiger partial charge in [-0.15, -0.1) is 11.8 Å². The Labute approximate surface area is 128 Å². The van der Waals surface area contributed by atoms with E-state index in [2.05, 4.69) is 56.6 Å². The molecule has 1 fully saturated rings. The molecule has 0 atom stereocenters. The van der Waals surface area contributed by atoms with E-state index in [9.17, 15) is 0 Å².